The summed E-state index contributed by atoms with van der Waals surface area (Å²) in [5.41, 5.74) is 24.6. The molecule has 0 saturated carbocycles. The number of hydrogen-bond acceptors (Lipinski definition) is 25. The predicted octanol–water partition coefficient (Wildman–Crippen LogP) is -17.0. The Labute approximate surface area is 318 Å². The average Bonchev–Trinajstić information content (AvgIpc) is 2.99. The van der Waals surface area contributed by atoms with Crippen molar-refractivity contribution in [2.75, 3.05) is 0 Å². The molecular weight excluding hydrogens is 792 g/mol. The fourth-order valence-electron chi connectivity index (χ4n) is 1.96. The first-order chi connectivity index (χ1) is 22.7. The van der Waals surface area contributed by atoms with Crippen molar-refractivity contribution < 1.29 is 136 Å². The topological polar surface area (TPSA) is 531 Å². The Kier molecular flexibility index (Phi) is 45.8. The summed E-state index contributed by atoms with van der Waals surface area (Å²) in [7, 11) is 0. The van der Waals surface area contributed by atoms with Gasteiger partial charge in [-0.05, 0) is 64.2 Å². The molecule has 0 fully saturated rings. The monoisotopic (exact) mass is 827 g/mol. The van der Waals surface area contributed by atoms with Gasteiger partial charge in [-0.2, -0.15) is 0 Å². The molecule has 290 valence electrons. The van der Waals surface area contributed by atoms with Crippen LogP contribution in [0, 0.1) is 0 Å². The van der Waals surface area contributed by atoms with Crippen LogP contribution in [0.3, 0.4) is 0 Å². The van der Waals surface area contributed by atoms with E-state index in [0.717, 1.165) is 0 Å². The van der Waals surface area contributed by atoms with Gasteiger partial charge in [0.05, 0.1) is 29.8 Å². The van der Waals surface area contributed by atoms with Crippen LogP contribution in [0.2, 0.25) is 0 Å². The molecule has 0 spiro atoms. The SMILES string of the molecule is NC(CCC(=O)[O-])C(=O)[O-].NC(CCC(=O)[O-])C(=O)[O-].NC(CCC(=O)[O-])C(=O)[O-].NC(CCC(=O)[O-])C(=O)[O-].NC(CCC(=O)[O-])C(=O)[O-].[V+5].[V+5]. The number of carboxylic acid groups (broad SMARTS) is 10. The number of carbonyl (C=O) groups is 10. The summed E-state index contributed by atoms with van der Waals surface area (Å²) < 4.78 is 0. The van der Waals surface area contributed by atoms with Gasteiger partial charge >= 0.3 is 37.1 Å². The molecule has 0 aliphatic rings. The van der Waals surface area contributed by atoms with E-state index in [1.54, 1.807) is 0 Å². The third-order valence-corrected chi connectivity index (χ3v) is 4.81. The number of hydrogen-bond donors (Lipinski definition) is 5. The number of nitrogens with two attached hydrogens (primary N) is 5. The molecule has 0 bridgehead atoms. The fourth-order valence-corrected chi connectivity index (χ4v) is 1.96. The van der Waals surface area contributed by atoms with Crippen molar-refractivity contribution in [1.82, 2.24) is 0 Å². The van der Waals surface area contributed by atoms with E-state index >= 15 is 0 Å². The van der Waals surface area contributed by atoms with Crippen LogP contribution < -0.4 is 79.7 Å². The second-order valence-electron chi connectivity index (χ2n) is 9.18. The minimum atomic E-state index is -1.44. The molecule has 0 aromatic carbocycles. The van der Waals surface area contributed by atoms with Gasteiger partial charge in [-0.15, -0.1) is 0 Å². The molecule has 25 nitrogen and oxygen atoms in total. The van der Waals surface area contributed by atoms with Crippen LogP contribution in [0.5, 0.6) is 0 Å². The Morgan fingerprint density at radius 2 is 0.385 bits per heavy atom. The van der Waals surface area contributed by atoms with Crippen molar-refractivity contribution in [3.8, 4) is 0 Å². The molecule has 0 aliphatic heterocycles. The van der Waals surface area contributed by atoms with Crippen LogP contribution in [0.15, 0.2) is 0 Å². The Morgan fingerprint density at radius 1 is 0.288 bits per heavy atom. The van der Waals surface area contributed by atoms with Crippen molar-refractivity contribution in [2.24, 2.45) is 28.7 Å². The molecule has 0 radical (unpaired) electrons. The Morgan fingerprint density at radius 3 is 0.442 bits per heavy atom. The third kappa shape index (κ3) is 55.1. The predicted molar refractivity (Wildman–Crippen MR) is 136 cm³/mol. The molecule has 27 heteroatoms. The van der Waals surface area contributed by atoms with Crippen LogP contribution >= 0.6 is 0 Å². The van der Waals surface area contributed by atoms with Crippen LogP contribution in [0.4, 0.5) is 0 Å². The van der Waals surface area contributed by atoms with Crippen LogP contribution in [-0.2, 0) is 85.1 Å². The van der Waals surface area contributed by atoms with Crippen molar-refractivity contribution >= 4 is 59.7 Å². The minimum Gasteiger partial charge on any atom is -0.550 e. The molecular formula is C25H35N5O20V2. The van der Waals surface area contributed by atoms with E-state index in [-0.39, 0.29) is 101 Å². The first-order valence-electron chi connectivity index (χ1n) is 13.5. The zero-order valence-electron chi connectivity index (χ0n) is 26.9. The van der Waals surface area contributed by atoms with E-state index in [1.807, 2.05) is 0 Å². The Bertz CT molecular complexity index is 933. The third-order valence-electron chi connectivity index (χ3n) is 4.81. The molecule has 52 heavy (non-hydrogen) atoms. The maximum absolute atomic E-state index is 9.86. The van der Waals surface area contributed by atoms with Gasteiger partial charge < -0.3 is 128 Å². The number of carboxylic acids is 10. The molecule has 0 aliphatic carbocycles. The second kappa shape index (κ2) is 37.9. The largest absolute Gasteiger partial charge is 5.00 e. The molecule has 0 rings (SSSR count). The van der Waals surface area contributed by atoms with Gasteiger partial charge in [0.25, 0.3) is 0 Å². The zero-order valence-corrected chi connectivity index (χ0v) is 29.7. The van der Waals surface area contributed by atoms with Gasteiger partial charge in [0.1, 0.15) is 0 Å². The fraction of sp³-hybridized carbons (Fsp3) is 0.600. The van der Waals surface area contributed by atoms with Gasteiger partial charge in [0, 0.05) is 60.1 Å². The van der Waals surface area contributed by atoms with E-state index < -0.39 is 89.9 Å². The maximum Gasteiger partial charge on any atom is 5.00 e. The molecule has 0 aromatic rings. The number of aliphatic carboxylic acids is 10. The van der Waals surface area contributed by atoms with E-state index in [2.05, 4.69) is 0 Å². The summed E-state index contributed by atoms with van der Waals surface area (Å²) in [6.07, 6.45) is -2.50. The van der Waals surface area contributed by atoms with Crippen molar-refractivity contribution in [3.05, 3.63) is 0 Å². The standard InChI is InChI=1S/5C5H9NO4.2V/c5*6-3(5(9)10)1-2-4(7)8;;/h5*3H,1-2,6H2,(H,7,8)(H,9,10);;/q;;;;;2*+5/p-10. The molecule has 5 atom stereocenters. The normalized spacial score (nSPS) is 12.0. The smallest absolute Gasteiger partial charge is 0.550 e. The van der Waals surface area contributed by atoms with Gasteiger partial charge in [-0.3, -0.25) is 0 Å². The summed E-state index contributed by atoms with van der Waals surface area (Å²) in [6, 6.07) is -6.05. The van der Waals surface area contributed by atoms with Crippen LogP contribution in [0.25, 0.3) is 0 Å². The van der Waals surface area contributed by atoms with E-state index in [4.69, 9.17) is 28.7 Å². The van der Waals surface area contributed by atoms with Gasteiger partial charge in [-0.25, -0.2) is 0 Å². The summed E-state index contributed by atoms with van der Waals surface area (Å²) in [5, 5.41) is 98.0. The van der Waals surface area contributed by atoms with Crippen molar-refractivity contribution in [2.45, 2.75) is 94.4 Å². The van der Waals surface area contributed by atoms with Crippen LogP contribution in [0.1, 0.15) is 64.2 Å². The first kappa shape index (κ1) is 62.8. The first-order valence-corrected chi connectivity index (χ1v) is 13.5. The second-order valence-corrected chi connectivity index (χ2v) is 9.18. The Balaban J connectivity index is -0.0000000964. The van der Waals surface area contributed by atoms with Gasteiger partial charge in [0.2, 0.25) is 0 Å². The number of rotatable bonds is 20. The summed E-state index contributed by atoms with van der Waals surface area (Å²) in [5.74, 6) is -13.8. The summed E-state index contributed by atoms with van der Waals surface area (Å²) in [6.45, 7) is 0. The Hall–Kier alpha value is -4.33. The molecule has 0 saturated heterocycles. The average molecular weight is 827 g/mol. The molecule has 5 unspecified atom stereocenters. The van der Waals surface area contributed by atoms with Crippen molar-refractivity contribution in [3.63, 3.8) is 0 Å². The summed E-state index contributed by atoms with van der Waals surface area (Å²) in [4.78, 5) is 98.0. The molecule has 0 aromatic heterocycles. The number of carbonyl (C=O) groups excluding carboxylic acids is 10. The quantitative estimate of drug-likeness (QED) is 0.0760. The molecule has 10 N–H and O–H groups in total. The zero-order chi connectivity index (χ0) is 40.7. The van der Waals surface area contributed by atoms with E-state index in [9.17, 15) is 99.0 Å². The van der Waals surface area contributed by atoms with E-state index in [0.29, 0.717) is 0 Å². The van der Waals surface area contributed by atoms with E-state index in [1.165, 1.54) is 0 Å². The van der Waals surface area contributed by atoms with Gasteiger partial charge in [-0.1, -0.05) is 0 Å². The van der Waals surface area contributed by atoms with Crippen LogP contribution in [-0.4, -0.2) is 89.9 Å². The molecule has 0 amide bonds. The maximum atomic E-state index is 9.86. The van der Waals surface area contributed by atoms with Crippen molar-refractivity contribution in [1.29, 1.82) is 0 Å². The minimum absolute atomic E-state index is 0. The summed E-state index contributed by atoms with van der Waals surface area (Å²) >= 11 is 0. The van der Waals surface area contributed by atoms with Gasteiger partial charge in [0.15, 0.2) is 0 Å². The molecule has 0 heterocycles.